The summed E-state index contributed by atoms with van der Waals surface area (Å²) in [5.41, 5.74) is 0. The smallest absolute Gasteiger partial charge is 0.185 e. The highest BCUT2D eigenvalue weighted by molar-refractivity contribution is 7.99. The molecule has 0 unspecified atom stereocenters. The van der Waals surface area contributed by atoms with E-state index in [1.807, 2.05) is 11.8 Å². The summed E-state index contributed by atoms with van der Waals surface area (Å²) < 4.78 is 0. The first-order valence-electron chi connectivity index (χ1n) is 7.57. The van der Waals surface area contributed by atoms with Crippen molar-refractivity contribution in [2.45, 2.75) is 77.6 Å². The van der Waals surface area contributed by atoms with E-state index >= 15 is 0 Å². The largest absolute Gasteiger partial charge is 0.288 e. The minimum atomic E-state index is 0.0265. The molecule has 0 saturated heterocycles. The Hall–Kier alpha value is 0.370. The van der Waals surface area contributed by atoms with E-state index in [4.69, 9.17) is 0 Å². The molecule has 0 amide bonds. The van der Waals surface area contributed by atoms with Crippen molar-refractivity contribution in [3.05, 3.63) is 0 Å². The Morgan fingerprint density at radius 2 is 1.33 bits per heavy atom. The summed E-state index contributed by atoms with van der Waals surface area (Å²) in [5.74, 6) is 2.37. The van der Waals surface area contributed by atoms with Gasteiger partial charge >= 0.3 is 0 Å². The first-order chi connectivity index (χ1) is 8.77. The predicted molar refractivity (Wildman–Crippen MR) is 87.8 cm³/mol. The molecule has 0 aromatic heterocycles. The van der Waals surface area contributed by atoms with Crippen LogP contribution in [0.1, 0.15) is 77.6 Å². The van der Waals surface area contributed by atoms with Crippen LogP contribution in [-0.4, -0.2) is 16.6 Å². The van der Waals surface area contributed by atoms with Crippen LogP contribution in [-0.2, 0) is 4.79 Å². The van der Waals surface area contributed by atoms with Crippen LogP contribution in [0.15, 0.2) is 0 Å². The number of carbonyl (C=O) groups excluding carboxylic acids is 1. The van der Waals surface area contributed by atoms with Crippen molar-refractivity contribution >= 4 is 29.5 Å². The van der Waals surface area contributed by atoms with E-state index in [0.29, 0.717) is 6.42 Å². The number of thioether (sulfide) groups is 1. The molecule has 0 radical (unpaired) electrons. The summed E-state index contributed by atoms with van der Waals surface area (Å²) in [4.78, 5) is 10.6. The third-order valence-corrected chi connectivity index (χ3v) is 4.45. The van der Waals surface area contributed by atoms with Gasteiger partial charge in [0.15, 0.2) is 5.12 Å². The lowest BCUT2D eigenvalue weighted by Gasteiger charge is -2.02. The maximum atomic E-state index is 10.6. The summed E-state index contributed by atoms with van der Waals surface area (Å²) >= 11 is 5.75. The lowest BCUT2D eigenvalue weighted by atomic mass is 10.1. The fourth-order valence-electron chi connectivity index (χ4n) is 1.94. The van der Waals surface area contributed by atoms with Gasteiger partial charge in [0.05, 0.1) is 0 Å². The van der Waals surface area contributed by atoms with Gasteiger partial charge < -0.3 is 0 Å². The average Bonchev–Trinajstić information content (AvgIpc) is 2.34. The molecule has 0 spiro atoms. The molecule has 18 heavy (non-hydrogen) atoms. The van der Waals surface area contributed by atoms with Crippen molar-refractivity contribution in [2.24, 2.45) is 0 Å². The number of unbranched alkanes of at least 4 members (excludes halogenated alkanes) is 8. The van der Waals surface area contributed by atoms with Crippen LogP contribution < -0.4 is 0 Å². The molecule has 0 heterocycles. The van der Waals surface area contributed by atoms with Gasteiger partial charge in [-0.15, -0.1) is 12.6 Å². The van der Waals surface area contributed by atoms with E-state index in [0.717, 1.165) is 12.2 Å². The first-order valence-corrected chi connectivity index (χ1v) is 9.17. The summed E-state index contributed by atoms with van der Waals surface area (Å²) in [6.45, 7) is 2.27. The van der Waals surface area contributed by atoms with Crippen molar-refractivity contribution in [2.75, 3.05) is 11.5 Å². The molecule has 108 valence electrons. The Kier molecular flexibility index (Phi) is 15.7. The summed E-state index contributed by atoms with van der Waals surface area (Å²) in [5, 5.41) is 0.0265. The molecule has 3 heteroatoms. The van der Waals surface area contributed by atoms with Crippen LogP contribution in [0.4, 0.5) is 0 Å². The lowest BCUT2D eigenvalue weighted by molar-refractivity contribution is -0.110. The molecule has 0 aliphatic heterocycles. The molecule has 0 aliphatic rings. The molecule has 0 bridgehead atoms. The van der Waals surface area contributed by atoms with Crippen LogP contribution in [0.5, 0.6) is 0 Å². The maximum Gasteiger partial charge on any atom is 0.185 e. The van der Waals surface area contributed by atoms with E-state index < -0.39 is 0 Å². The highest BCUT2D eigenvalue weighted by atomic mass is 32.2. The van der Waals surface area contributed by atoms with Crippen molar-refractivity contribution in [1.29, 1.82) is 0 Å². The van der Waals surface area contributed by atoms with Gasteiger partial charge in [-0.2, -0.15) is 11.8 Å². The molecule has 0 N–H and O–H groups in total. The number of carbonyl (C=O) groups is 1. The minimum absolute atomic E-state index is 0.0265. The van der Waals surface area contributed by atoms with Crippen molar-refractivity contribution in [1.82, 2.24) is 0 Å². The van der Waals surface area contributed by atoms with Crippen LogP contribution in [0.2, 0.25) is 0 Å². The second-order valence-corrected chi connectivity index (χ2v) is 6.66. The monoisotopic (exact) mass is 290 g/mol. The molecule has 0 aliphatic carbocycles. The van der Waals surface area contributed by atoms with E-state index in [-0.39, 0.29) is 5.12 Å². The highest BCUT2D eigenvalue weighted by Gasteiger charge is 1.95. The van der Waals surface area contributed by atoms with E-state index in [1.54, 1.807) is 0 Å². The molecular formula is C15H30OS2. The summed E-state index contributed by atoms with van der Waals surface area (Å²) in [6, 6.07) is 0. The van der Waals surface area contributed by atoms with Gasteiger partial charge in [0.1, 0.15) is 0 Å². The Morgan fingerprint density at radius 3 is 1.89 bits per heavy atom. The van der Waals surface area contributed by atoms with Crippen molar-refractivity contribution in [3.63, 3.8) is 0 Å². The SMILES string of the molecule is CCCCCCCCCCCSCCCC(=O)S. The standard InChI is InChI=1S/C15H30OS2/c1-2-3-4-5-6-7-8-9-10-13-18-14-11-12-15(16)17/h2-14H2,1H3,(H,16,17). The third-order valence-electron chi connectivity index (χ3n) is 3.07. The second-order valence-electron chi connectivity index (χ2n) is 4.94. The van der Waals surface area contributed by atoms with Crippen molar-refractivity contribution < 1.29 is 4.79 Å². The zero-order valence-corrected chi connectivity index (χ0v) is 13.7. The number of hydrogen-bond acceptors (Lipinski definition) is 2. The quantitative estimate of drug-likeness (QED) is 0.337. The second kappa shape index (κ2) is 15.4. The van der Waals surface area contributed by atoms with Gasteiger partial charge in [-0.3, -0.25) is 4.79 Å². The van der Waals surface area contributed by atoms with Crippen LogP contribution in [0.3, 0.4) is 0 Å². The van der Waals surface area contributed by atoms with Gasteiger partial charge in [-0.05, 0) is 24.3 Å². The topological polar surface area (TPSA) is 17.1 Å². The zero-order chi connectivity index (χ0) is 13.5. The zero-order valence-electron chi connectivity index (χ0n) is 12.0. The predicted octanol–water partition coefficient (Wildman–Crippen LogP) is 5.49. The normalized spacial score (nSPS) is 10.8. The van der Waals surface area contributed by atoms with E-state index in [1.165, 1.54) is 63.5 Å². The molecule has 0 saturated carbocycles. The lowest BCUT2D eigenvalue weighted by Crippen LogP contribution is -1.90. The summed E-state index contributed by atoms with van der Waals surface area (Å²) in [7, 11) is 0. The molecule has 0 fully saturated rings. The Bertz CT molecular complexity index is 183. The van der Waals surface area contributed by atoms with Crippen molar-refractivity contribution in [3.8, 4) is 0 Å². The Balaban J connectivity index is 2.92. The Labute approximate surface area is 123 Å². The van der Waals surface area contributed by atoms with Crippen LogP contribution >= 0.6 is 24.4 Å². The van der Waals surface area contributed by atoms with Gasteiger partial charge in [0.2, 0.25) is 0 Å². The molecule has 0 atom stereocenters. The first kappa shape index (κ1) is 18.4. The molecule has 0 aromatic carbocycles. The van der Waals surface area contributed by atoms with Crippen LogP contribution in [0.25, 0.3) is 0 Å². The highest BCUT2D eigenvalue weighted by Crippen LogP contribution is 2.13. The Morgan fingerprint density at radius 1 is 0.833 bits per heavy atom. The molecular weight excluding hydrogens is 260 g/mol. The molecule has 1 nitrogen and oxygen atoms in total. The maximum absolute atomic E-state index is 10.6. The van der Waals surface area contributed by atoms with E-state index in [9.17, 15) is 4.79 Å². The fraction of sp³-hybridized carbons (Fsp3) is 0.933. The third kappa shape index (κ3) is 16.4. The van der Waals surface area contributed by atoms with E-state index in [2.05, 4.69) is 19.6 Å². The van der Waals surface area contributed by atoms with Gasteiger partial charge in [-0.1, -0.05) is 58.3 Å². The molecule has 0 aromatic rings. The number of rotatable bonds is 14. The number of hydrogen-bond donors (Lipinski definition) is 1. The minimum Gasteiger partial charge on any atom is -0.288 e. The fourth-order valence-corrected chi connectivity index (χ4v) is 3.06. The van der Waals surface area contributed by atoms with Crippen LogP contribution in [0, 0.1) is 0 Å². The average molecular weight is 291 g/mol. The molecule has 0 rings (SSSR count). The number of thiol groups is 1. The van der Waals surface area contributed by atoms with Gasteiger partial charge in [-0.25, -0.2) is 0 Å². The van der Waals surface area contributed by atoms with Gasteiger partial charge in [0, 0.05) is 6.42 Å². The summed E-state index contributed by atoms with van der Waals surface area (Å²) in [6.07, 6.45) is 14.2. The van der Waals surface area contributed by atoms with Gasteiger partial charge in [0.25, 0.3) is 0 Å².